The van der Waals surface area contributed by atoms with Gasteiger partial charge in [0.05, 0.1) is 27.8 Å². The average molecular weight is 344 g/mol. The minimum atomic E-state index is -0.106. The van der Waals surface area contributed by atoms with Crippen LogP contribution in [0.3, 0.4) is 0 Å². The van der Waals surface area contributed by atoms with Crippen LogP contribution in [0.5, 0.6) is 17.4 Å². The predicted molar refractivity (Wildman–Crippen MR) is 95.4 cm³/mol. The molecule has 134 valence electrons. The summed E-state index contributed by atoms with van der Waals surface area (Å²) in [6, 6.07) is 7.37. The van der Waals surface area contributed by atoms with Crippen molar-refractivity contribution in [1.82, 2.24) is 10.3 Å². The fourth-order valence-electron chi connectivity index (χ4n) is 2.63. The maximum absolute atomic E-state index is 12.3. The molecule has 1 N–H and O–H groups in total. The van der Waals surface area contributed by atoms with Gasteiger partial charge in [0.1, 0.15) is 11.5 Å². The van der Waals surface area contributed by atoms with Crippen LogP contribution in [0.15, 0.2) is 24.3 Å². The van der Waals surface area contributed by atoms with Crippen molar-refractivity contribution in [3.05, 3.63) is 46.6 Å². The average Bonchev–Trinajstić information content (AvgIpc) is 2.60. The maximum atomic E-state index is 12.3. The number of nitrogens with zero attached hydrogens (tertiary/aromatic N) is 1. The molecule has 6 heteroatoms. The zero-order valence-electron chi connectivity index (χ0n) is 15.3. The molecule has 6 nitrogen and oxygen atoms in total. The standard InChI is InChI=1S/C19H24N2O4/c1-12-8-13(2)21-19(25-5)16(12)11-20-18(22)9-14-6-7-15(23-3)10-17(14)24-4/h6-8,10H,9,11H2,1-5H3,(H,20,22). The lowest BCUT2D eigenvalue weighted by Gasteiger charge is -2.14. The van der Waals surface area contributed by atoms with Gasteiger partial charge in [-0.15, -0.1) is 0 Å². The van der Waals surface area contributed by atoms with E-state index in [9.17, 15) is 4.79 Å². The number of carbonyl (C=O) groups is 1. The highest BCUT2D eigenvalue weighted by Gasteiger charge is 2.13. The van der Waals surface area contributed by atoms with E-state index in [2.05, 4.69) is 10.3 Å². The SMILES string of the molecule is COc1ccc(CC(=O)NCc2c(C)cc(C)nc2OC)c(OC)c1. The summed E-state index contributed by atoms with van der Waals surface area (Å²) < 4.78 is 15.8. The quantitative estimate of drug-likeness (QED) is 0.836. The molecular formula is C19H24N2O4. The third-order valence-electron chi connectivity index (χ3n) is 3.94. The number of rotatable bonds is 7. The Hall–Kier alpha value is -2.76. The van der Waals surface area contributed by atoms with Gasteiger partial charge in [0.25, 0.3) is 0 Å². The van der Waals surface area contributed by atoms with E-state index in [-0.39, 0.29) is 12.3 Å². The molecule has 1 heterocycles. The van der Waals surface area contributed by atoms with E-state index in [1.54, 1.807) is 27.4 Å². The molecule has 0 bridgehead atoms. The maximum Gasteiger partial charge on any atom is 0.224 e. The van der Waals surface area contributed by atoms with Gasteiger partial charge in [-0.3, -0.25) is 4.79 Å². The number of amides is 1. The Kier molecular flexibility index (Phi) is 6.22. The van der Waals surface area contributed by atoms with Crippen LogP contribution in [0, 0.1) is 13.8 Å². The van der Waals surface area contributed by atoms with E-state index in [0.29, 0.717) is 23.9 Å². The summed E-state index contributed by atoms with van der Waals surface area (Å²) in [4.78, 5) is 16.7. The van der Waals surface area contributed by atoms with E-state index >= 15 is 0 Å². The number of aromatic nitrogens is 1. The van der Waals surface area contributed by atoms with Crippen molar-refractivity contribution in [1.29, 1.82) is 0 Å². The topological polar surface area (TPSA) is 69.7 Å². The zero-order chi connectivity index (χ0) is 18.4. The lowest BCUT2D eigenvalue weighted by Crippen LogP contribution is -2.25. The second-order valence-electron chi connectivity index (χ2n) is 5.70. The number of nitrogens with one attached hydrogen (secondary N) is 1. The summed E-state index contributed by atoms with van der Waals surface area (Å²) in [6.45, 7) is 4.25. The van der Waals surface area contributed by atoms with Gasteiger partial charge in [-0.05, 0) is 31.5 Å². The molecule has 0 radical (unpaired) electrons. The molecule has 0 spiro atoms. The van der Waals surface area contributed by atoms with Crippen LogP contribution < -0.4 is 19.5 Å². The lowest BCUT2D eigenvalue weighted by atomic mass is 10.1. The fraction of sp³-hybridized carbons (Fsp3) is 0.368. The second kappa shape index (κ2) is 8.37. The van der Waals surface area contributed by atoms with Gasteiger partial charge in [-0.2, -0.15) is 0 Å². The third kappa shape index (κ3) is 4.62. The van der Waals surface area contributed by atoms with E-state index < -0.39 is 0 Å². The van der Waals surface area contributed by atoms with E-state index in [1.807, 2.05) is 32.0 Å². The fourth-order valence-corrected chi connectivity index (χ4v) is 2.63. The van der Waals surface area contributed by atoms with Gasteiger partial charge < -0.3 is 19.5 Å². The van der Waals surface area contributed by atoms with Gasteiger partial charge in [0.15, 0.2) is 0 Å². The van der Waals surface area contributed by atoms with E-state index in [1.165, 1.54) is 0 Å². The monoisotopic (exact) mass is 344 g/mol. The molecule has 2 aromatic rings. The molecule has 0 saturated heterocycles. The van der Waals surface area contributed by atoms with Crippen molar-refractivity contribution < 1.29 is 19.0 Å². The van der Waals surface area contributed by atoms with Crippen molar-refractivity contribution in [2.75, 3.05) is 21.3 Å². The summed E-state index contributed by atoms with van der Waals surface area (Å²) in [6.07, 6.45) is 0.216. The Morgan fingerprint density at radius 1 is 1.08 bits per heavy atom. The van der Waals surface area contributed by atoms with Gasteiger partial charge in [0.2, 0.25) is 11.8 Å². The third-order valence-corrected chi connectivity index (χ3v) is 3.94. The highest BCUT2D eigenvalue weighted by molar-refractivity contribution is 5.79. The van der Waals surface area contributed by atoms with Crippen LogP contribution in [-0.2, 0) is 17.8 Å². The number of carbonyl (C=O) groups excluding carboxylic acids is 1. The normalized spacial score (nSPS) is 10.3. The van der Waals surface area contributed by atoms with Crippen LogP contribution in [0.25, 0.3) is 0 Å². The van der Waals surface area contributed by atoms with Crippen LogP contribution in [0.1, 0.15) is 22.4 Å². The molecule has 0 saturated carbocycles. The molecule has 0 aliphatic carbocycles. The lowest BCUT2D eigenvalue weighted by molar-refractivity contribution is -0.120. The van der Waals surface area contributed by atoms with Crippen molar-refractivity contribution in [3.8, 4) is 17.4 Å². The Morgan fingerprint density at radius 3 is 2.48 bits per heavy atom. The molecule has 0 aliphatic heterocycles. The number of hydrogen-bond donors (Lipinski definition) is 1. The molecule has 0 atom stereocenters. The first-order valence-corrected chi connectivity index (χ1v) is 7.97. The van der Waals surface area contributed by atoms with E-state index in [0.717, 1.165) is 22.4 Å². The largest absolute Gasteiger partial charge is 0.497 e. The molecule has 1 aromatic heterocycles. The van der Waals surface area contributed by atoms with Gasteiger partial charge in [0, 0.05) is 29.4 Å². The minimum absolute atomic E-state index is 0.106. The molecule has 1 amide bonds. The number of aryl methyl sites for hydroxylation is 2. The molecule has 0 fully saturated rings. The Labute approximate surface area is 148 Å². The van der Waals surface area contributed by atoms with E-state index in [4.69, 9.17) is 14.2 Å². The smallest absolute Gasteiger partial charge is 0.224 e. The number of methoxy groups -OCH3 is 3. The number of ether oxygens (including phenoxy) is 3. The highest BCUT2D eigenvalue weighted by atomic mass is 16.5. The molecule has 1 aromatic carbocycles. The summed E-state index contributed by atoms with van der Waals surface area (Å²) in [5.41, 5.74) is 3.59. The summed E-state index contributed by atoms with van der Waals surface area (Å²) in [7, 11) is 4.74. The van der Waals surface area contributed by atoms with Gasteiger partial charge >= 0.3 is 0 Å². The zero-order valence-corrected chi connectivity index (χ0v) is 15.3. The molecule has 0 unspecified atom stereocenters. The molecule has 2 rings (SSSR count). The molecular weight excluding hydrogens is 320 g/mol. The van der Waals surface area contributed by atoms with Crippen molar-refractivity contribution in [2.45, 2.75) is 26.8 Å². The van der Waals surface area contributed by atoms with Crippen LogP contribution in [-0.4, -0.2) is 32.2 Å². The number of benzene rings is 1. The van der Waals surface area contributed by atoms with Crippen LogP contribution in [0.2, 0.25) is 0 Å². The predicted octanol–water partition coefficient (Wildman–Crippen LogP) is 2.58. The summed E-state index contributed by atoms with van der Waals surface area (Å²) >= 11 is 0. The van der Waals surface area contributed by atoms with Crippen molar-refractivity contribution in [3.63, 3.8) is 0 Å². The first kappa shape index (κ1) is 18.6. The highest BCUT2D eigenvalue weighted by Crippen LogP contribution is 2.25. The summed E-state index contributed by atoms with van der Waals surface area (Å²) in [5.74, 6) is 1.75. The Bertz CT molecular complexity index is 759. The Morgan fingerprint density at radius 2 is 1.84 bits per heavy atom. The number of hydrogen-bond acceptors (Lipinski definition) is 5. The first-order valence-electron chi connectivity index (χ1n) is 7.97. The minimum Gasteiger partial charge on any atom is -0.497 e. The van der Waals surface area contributed by atoms with Gasteiger partial charge in [-0.1, -0.05) is 6.07 Å². The van der Waals surface area contributed by atoms with Crippen molar-refractivity contribution >= 4 is 5.91 Å². The first-order chi connectivity index (χ1) is 12.0. The molecule has 0 aliphatic rings. The van der Waals surface area contributed by atoms with Crippen molar-refractivity contribution in [2.24, 2.45) is 0 Å². The van der Waals surface area contributed by atoms with Gasteiger partial charge in [-0.25, -0.2) is 4.98 Å². The van der Waals surface area contributed by atoms with Crippen LogP contribution in [0.4, 0.5) is 0 Å². The Balaban J connectivity index is 2.07. The molecule has 25 heavy (non-hydrogen) atoms. The second-order valence-corrected chi connectivity index (χ2v) is 5.70. The number of pyridine rings is 1. The van der Waals surface area contributed by atoms with Crippen LogP contribution >= 0.6 is 0 Å². The summed E-state index contributed by atoms with van der Waals surface area (Å²) in [5, 5.41) is 2.92.